The Morgan fingerprint density at radius 2 is 1.96 bits per heavy atom. The Morgan fingerprint density at radius 1 is 1.14 bits per heavy atom. The fraction of sp³-hybridized carbons (Fsp3) is 0.400. The number of nitrogens with zero attached hydrogens (tertiary/aromatic N) is 6. The summed E-state index contributed by atoms with van der Waals surface area (Å²) in [6.07, 6.45) is 6.10. The van der Waals surface area contributed by atoms with Crippen molar-refractivity contribution in [2.45, 2.75) is 26.3 Å². The Labute approximate surface area is 164 Å². The highest BCUT2D eigenvalue weighted by Gasteiger charge is 2.23. The summed E-state index contributed by atoms with van der Waals surface area (Å²) in [5, 5.41) is 7.69. The number of urea groups is 1. The third-order valence-electron chi connectivity index (χ3n) is 5.12. The first-order valence-electron chi connectivity index (χ1n) is 9.61. The molecule has 0 bridgehead atoms. The molecule has 1 atom stereocenters. The molecule has 1 saturated heterocycles. The number of imidazole rings is 1. The van der Waals surface area contributed by atoms with Gasteiger partial charge in [-0.2, -0.15) is 0 Å². The van der Waals surface area contributed by atoms with Crippen molar-refractivity contribution in [2.75, 3.05) is 31.1 Å². The number of amides is 2. The van der Waals surface area contributed by atoms with E-state index < -0.39 is 0 Å². The topological polar surface area (TPSA) is 78.7 Å². The second kappa shape index (κ2) is 7.84. The van der Waals surface area contributed by atoms with E-state index in [-0.39, 0.29) is 12.1 Å². The molecule has 1 N–H and O–H groups in total. The fourth-order valence-electron chi connectivity index (χ4n) is 3.49. The van der Waals surface area contributed by atoms with Gasteiger partial charge in [-0.1, -0.05) is 6.07 Å². The van der Waals surface area contributed by atoms with Crippen LogP contribution in [0.2, 0.25) is 0 Å². The van der Waals surface area contributed by atoms with E-state index in [1.807, 2.05) is 49.2 Å². The Morgan fingerprint density at radius 3 is 2.75 bits per heavy atom. The zero-order valence-electron chi connectivity index (χ0n) is 16.2. The third kappa shape index (κ3) is 3.90. The van der Waals surface area contributed by atoms with E-state index in [0.29, 0.717) is 13.1 Å². The van der Waals surface area contributed by atoms with Gasteiger partial charge in [-0.05, 0) is 37.6 Å². The largest absolute Gasteiger partial charge is 0.352 e. The molecule has 0 unspecified atom stereocenters. The van der Waals surface area contributed by atoms with E-state index >= 15 is 0 Å². The van der Waals surface area contributed by atoms with E-state index in [1.54, 1.807) is 16.9 Å². The molecule has 3 aromatic rings. The second-order valence-corrected chi connectivity index (χ2v) is 7.22. The van der Waals surface area contributed by atoms with Crippen LogP contribution in [0.4, 0.5) is 10.6 Å². The molecule has 8 nitrogen and oxygen atoms in total. The number of hydrogen-bond acceptors (Lipinski definition) is 5. The summed E-state index contributed by atoms with van der Waals surface area (Å²) < 4.78 is 1.77. The van der Waals surface area contributed by atoms with Crippen molar-refractivity contribution in [3.63, 3.8) is 0 Å². The fourth-order valence-corrected chi connectivity index (χ4v) is 3.49. The van der Waals surface area contributed by atoms with Crippen LogP contribution in [0.25, 0.3) is 5.65 Å². The smallest absolute Gasteiger partial charge is 0.317 e. The average Bonchev–Trinajstić information content (AvgIpc) is 3.17. The van der Waals surface area contributed by atoms with Gasteiger partial charge < -0.3 is 15.1 Å². The number of piperazine rings is 1. The van der Waals surface area contributed by atoms with Gasteiger partial charge in [0.25, 0.3) is 0 Å². The van der Waals surface area contributed by atoms with Gasteiger partial charge in [-0.25, -0.2) is 14.3 Å². The summed E-state index contributed by atoms with van der Waals surface area (Å²) in [7, 11) is 0. The number of nitrogens with one attached hydrogen (secondary N) is 1. The number of fused-ring (bicyclic) bond motifs is 1. The van der Waals surface area contributed by atoms with Gasteiger partial charge in [-0.3, -0.25) is 4.98 Å². The first-order chi connectivity index (χ1) is 13.6. The molecule has 0 aliphatic carbocycles. The lowest BCUT2D eigenvalue weighted by molar-refractivity contribution is 0.191. The quantitative estimate of drug-likeness (QED) is 0.749. The zero-order chi connectivity index (χ0) is 19.5. The minimum absolute atomic E-state index is 0.0150. The van der Waals surface area contributed by atoms with Gasteiger partial charge in [0.2, 0.25) is 0 Å². The highest BCUT2D eigenvalue weighted by Crippen LogP contribution is 2.14. The van der Waals surface area contributed by atoms with Gasteiger partial charge in [0.05, 0.1) is 0 Å². The monoisotopic (exact) mass is 379 g/mol. The number of hydrogen-bond donors (Lipinski definition) is 1. The number of aromatic nitrogens is 4. The van der Waals surface area contributed by atoms with E-state index in [2.05, 4.69) is 25.3 Å². The summed E-state index contributed by atoms with van der Waals surface area (Å²) in [5.41, 5.74) is 3.01. The van der Waals surface area contributed by atoms with E-state index in [9.17, 15) is 4.79 Å². The van der Waals surface area contributed by atoms with Crippen molar-refractivity contribution in [3.8, 4) is 0 Å². The molecule has 0 spiro atoms. The number of rotatable bonds is 4. The number of aryl methyl sites for hydroxylation is 1. The van der Waals surface area contributed by atoms with Crippen LogP contribution in [0, 0.1) is 6.92 Å². The lowest BCUT2D eigenvalue weighted by atomic mass is 10.1. The molecule has 0 aromatic carbocycles. The molecule has 1 aliphatic heterocycles. The molecule has 2 amide bonds. The Hall–Kier alpha value is -3.16. The second-order valence-electron chi connectivity index (χ2n) is 7.22. The van der Waals surface area contributed by atoms with Gasteiger partial charge in [0, 0.05) is 62.9 Å². The summed E-state index contributed by atoms with van der Waals surface area (Å²) >= 11 is 0. The average molecular weight is 379 g/mol. The van der Waals surface area contributed by atoms with Gasteiger partial charge in [-0.15, -0.1) is 5.10 Å². The molecule has 146 valence electrons. The molecule has 1 fully saturated rings. The highest BCUT2D eigenvalue weighted by molar-refractivity contribution is 5.75. The van der Waals surface area contributed by atoms with Crippen LogP contribution in [0.1, 0.15) is 18.2 Å². The van der Waals surface area contributed by atoms with Gasteiger partial charge in [0.1, 0.15) is 5.82 Å². The van der Waals surface area contributed by atoms with Crippen LogP contribution in [0.3, 0.4) is 0 Å². The van der Waals surface area contributed by atoms with Crippen LogP contribution in [0.15, 0.2) is 42.9 Å². The van der Waals surface area contributed by atoms with Crippen LogP contribution in [-0.4, -0.2) is 62.7 Å². The predicted molar refractivity (Wildman–Crippen MR) is 107 cm³/mol. The normalized spacial score (nSPS) is 15.6. The van der Waals surface area contributed by atoms with Gasteiger partial charge in [0.15, 0.2) is 5.65 Å². The van der Waals surface area contributed by atoms with E-state index in [0.717, 1.165) is 42.2 Å². The first-order valence-corrected chi connectivity index (χ1v) is 9.61. The lowest BCUT2D eigenvalue weighted by Gasteiger charge is -2.35. The number of pyridine rings is 1. The SMILES string of the molecule is Cc1cccnc1C[C@@H](C)NC(=O)N1CCN(c2ccc3nccn3n2)CC1. The van der Waals surface area contributed by atoms with Crippen LogP contribution >= 0.6 is 0 Å². The van der Waals surface area contributed by atoms with Crippen molar-refractivity contribution in [3.05, 3.63) is 54.1 Å². The van der Waals surface area contributed by atoms with Crippen molar-refractivity contribution in [1.29, 1.82) is 0 Å². The Bertz CT molecular complexity index is 962. The van der Waals surface area contributed by atoms with Crippen molar-refractivity contribution in [2.24, 2.45) is 0 Å². The van der Waals surface area contributed by atoms with Gasteiger partial charge >= 0.3 is 6.03 Å². The molecule has 8 heteroatoms. The number of carbonyl (C=O) groups is 1. The minimum Gasteiger partial charge on any atom is -0.352 e. The van der Waals surface area contributed by atoms with Crippen molar-refractivity contribution >= 4 is 17.5 Å². The standard InChI is InChI=1S/C20H25N7O/c1-15-4-3-7-21-17(15)14-16(2)23-20(28)26-12-10-25(11-13-26)19-6-5-18-22-8-9-27(18)24-19/h3-9,16H,10-14H2,1-2H3,(H,23,28)/t16-/m1/s1. The van der Waals surface area contributed by atoms with Crippen LogP contribution in [-0.2, 0) is 6.42 Å². The Kier molecular flexibility index (Phi) is 5.10. The molecular weight excluding hydrogens is 354 g/mol. The van der Waals surface area contributed by atoms with Crippen LogP contribution < -0.4 is 10.2 Å². The zero-order valence-corrected chi connectivity index (χ0v) is 16.2. The molecule has 4 rings (SSSR count). The molecule has 3 aromatic heterocycles. The molecule has 1 aliphatic rings. The maximum Gasteiger partial charge on any atom is 0.317 e. The summed E-state index contributed by atoms with van der Waals surface area (Å²) in [5.74, 6) is 0.907. The summed E-state index contributed by atoms with van der Waals surface area (Å²) in [6, 6.07) is 7.94. The minimum atomic E-state index is -0.0150. The maximum absolute atomic E-state index is 12.6. The lowest BCUT2D eigenvalue weighted by Crippen LogP contribution is -2.53. The highest BCUT2D eigenvalue weighted by atomic mass is 16.2. The summed E-state index contributed by atoms with van der Waals surface area (Å²) in [4.78, 5) is 25.3. The van der Waals surface area contributed by atoms with E-state index in [4.69, 9.17) is 0 Å². The van der Waals surface area contributed by atoms with Crippen molar-refractivity contribution in [1.82, 2.24) is 29.8 Å². The van der Waals surface area contributed by atoms with E-state index in [1.165, 1.54) is 0 Å². The number of anilines is 1. The molecule has 0 saturated carbocycles. The Balaban J connectivity index is 1.30. The molecule has 28 heavy (non-hydrogen) atoms. The first kappa shape index (κ1) is 18.2. The van der Waals surface area contributed by atoms with Crippen LogP contribution in [0.5, 0.6) is 0 Å². The molecule has 0 radical (unpaired) electrons. The third-order valence-corrected chi connectivity index (χ3v) is 5.12. The maximum atomic E-state index is 12.6. The van der Waals surface area contributed by atoms with Crippen molar-refractivity contribution < 1.29 is 4.79 Å². The predicted octanol–water partition coefficient (Wildman–Crippen LogP) is 1.90. The number of carbonyl (C=O) groups excluding carboxylic acids is 1. The summed E-state index contributed by atoms with van der Waals surface area (Å²) in [6.45, 7) is 6.93. The molecule has 4 heterocycles. The molecular formula is C20H25N7O.